The summed E-state index contributed by atoms with van der Waals surface area (Å²) in [5.74, 6) is -0.0767. The average Bonchev–Trinajstić information content (AvgIpc) is 2.30. The van der Waals surface area contributed by atoms with Crippen LogP contribution in [0.4, 0.5) is 0 Å². The summed E-state index contributed by atoms with van der Waals surface area (Å²) in [7, 11) is 0. The number of allylic oxidation sites excluding steroid dienone is 3. The Kier molecular flexibility index (Phi) is 2.82. The maximum atomic E-state index is 10.9. The van der Waals surface area contributed by atoms with E-state index >= 15 is 0 Å². The van der Waals surface area contributed by atoms with Crippen molar-refractivity contribution in [3.8, 4) is 0 Å². The summed E-state index contributed by atoms with van der Waals surface area (Å²) in [6.45, 7) is 4.01. The first-order valence-corrected chi connectivity index (χ1v) is 4.14. The number of aliphatic hydroxyl groups excluding tert-OH is 1. The minimum atomic E-state index is -0.833. The van der Waals surface area contributed by atoms with Crippen molar-refractivity contribution in [2.45, 2.75) is 32.8 Å². The molecule has 0 bridgehead atoms. The molecule has 0 spiro atoms. The molecular formula is C10H14O2. The Balaban J connectivity index is 2.55. The van der Waals surface area contributed by atoms with E-state index in [4.69, 9.17) is 0 Å². The first-order chi connectivity index (χ1) is 5.61. The first kappa shape index (κ1) is 9.20. The van der Waals surface area contributed by atoms with Crippen molar-refractivity contribution in [3.63, 3.8) is 0 Å². The molecule has 1 atom stereocenters. The van der Waals surface area contributed by atoms with E-state index < -0.39 is 6.10 Å². The molecule has 0 saturated carbocycles. The summed E-state index contributed by atoms with van der Waals surface area (Å²) in [5.41, 5.74) is 2.06. The van der Waals surface area contributed by atoms with Crippen molar-refractivity contribution >= 4 is 5.78 Å². The van der Waals surface area contributed by atoms with Gasteiger partial charge in [0.25, 0.3) is 0 Å². The van der Waals surface area contributed by atoms with Crippen LogP contribution < -0.4 is 0 Å². The number of carbonyl (C=O) groups excluding carboxylic acids is 1. The molecule has 0 radical (unpaired) electrons. The lowest BCUT2D eigenvalue weighted by Crippen LogP contribution is -2.15. The molecule has 1 unspecified atom stereocenters. The standard InChI is InChI=1S/C10H14O2/c1-7(2)3-4-8-5-6-9(11)10(8)12/h3,5,10,12H,4,6H2,1-2H3. The molecule has 1 rings (SSSR count). The van der Waals surface area contributed by atoms with Crippen LogP contribution in [0.15, 0.2) is 23.3 Å². The normalized spacial score (nSPS) is 22.4. The smallest absolute Gasteiger partial charge is 0.169 e. The molecule has 0 amide bonds. The van der Waals surface area contributed by atoms with E-state index in [1.165, 1.54) is 5.57 Å². The van der Waals surface area contributed by atoms with Crippen LogP contribution in [0.25, 0.3) is 0 Å². The summed E-state index contributed by atoms with van der Waals surface area (Å²) in [6, 6.07) is 0. The molecule has 0 heterocycles. The molecule has 0 aromatic carbocycles. The number of ketones is 1. The number of Topliss-reactive ketones (excluding diaryl/α,β-unsaturated/α-hetero) is 1. The Labute approximate surface area is 72.6 Å². The van der Waals surface area contributed by atoms with Gasteiger partial charge in [-0.15, -0.1) is 0 Å². The molecule has 0 saturated heterocycles. The van der Waals surface area contributed by atoms with Crippen molar-refractivity contribution in [2.75, 3.05) is 0 Å². The van der Waals surface area contributed by atoms with Crippen LogP contribution in [0, 0.1) is 0 Å². The van der Waals surface area contributed by atoms with E-state index in [2.05, 4.69) is 0 Å². The van der Waals surface area contributed by atoms with E-state index in [-0.39, 0.29) is 5.78 Å². The number of hydrogen-bond acceptors (Lipinski definition) is 2. The van der Waals surface area contributed by atoms with Crippen LogP contribution in [-0.2, 0) is 4.79 Å². The average molecular weight is 166 g/mol. The molecule has 0 aromatic rings. The highest BCUT2D eigenvalue weighted by molar-refractivity contribution is 5.90. The minimum absolute atomic E-state index is 0.0767. The second kappa shape index (κ2) is 3.68. The molecule has 0 fully saturated rings. The van der Waals surface area contributed by atoms with Crippen molar-refractivity contribution in [3.05, 3.63) is 23.3 Å². The fraction of sp³-hybridized carbons (Fsp3) is 0.500. The molecule has 0 aliphatic heterocycles. The molecule has 0 aromatic heterocycles. The Hall–Kier alpha value is -0.890. The lowest BCUT2D eigenvalue weighted by Gasteiger charge is -2.03. The van der Waals surface area contributed by atoms with Gasteiger partial charge in [0.05, 0.1) is 0 Å². The summed E-state index contributed by atoms with van der Waals surface area (Å²) in [6.07, 6.45) is 4.11. The Morgan fingerprint density at radius 3 is 2.83 bits per heavy atom. The molecule has 66 valence electrons. The van der Waals surface area contributed by atoms with Crippen molar-refractivity contribution in [1.29, 1.82) is 0 Å². The van der Waals surface area contributed by atoms with Gasteiger partial charge in [0, 0.05) is 6.42 Å². The highest BCUT2D eigenvalue weighted by Gasteiger charge is 2.23. The highest BCUT2D eigenvalue weighted by Crippen LogP contribution is 2.19. The van der Waals surface area contributed by atoms with E-state index in [9.17, 15) is 9.90 Å². The van der Waals surface area contributed by atoms with Crippen LogP contribution in [0.2, 0.25) is 0 Å². The molecule has 2 heteroatoms. The van der Waals surface area contributed by atoms with E-state index in [0.717, 1.165) is 5.57 Å². The molecule has 1 aliphatic carbocycles. The lowest BCUT2D eigenvalue weighted by atomic mass is 10.1. The van der Waals surface area contributed by atoms with E-state index in [0.29, 0.717) is 12.8 Å². The van der Waals surface area contributed by atoms with Gasteiger partial charge in [0.2, 0.25) is 0 Å². The SMILES string of the molecule is CC(C)=CCC1=CCC(=O)C1O. The maximum Gasteiger partial charge on any atom is 0.169 e. The number of carbonyl (C=O) groups is 1. The van der Waals surface area contributed by atoms with Gasteiger partial charge in [0.15, 0.2) is 5.78 Å². The summed E-state index contributed by atoms with van der Waals surface area (Å²) in [5, 5.41) is 9.32. The molecule has 12 heavy (non-hydrogen) atoms. The zero-order valence-corrected chi connectivity index (χ0v) is 7.50. The van der Waals surface area contributed by atoms with Crippen LogP contribution >= 0.6 is 0 Å². The Bertz CT molecular complexity index is 245. The molecular weight excluding hydrogens is 152 g/mol. The Morgan fingerprint density at radius 2 is 2.42 bits per heavy atom. The van der Waals surface area contributed by atoms with Gasteiger partial charge in [-0.1, -0.05) is 17.7 Å². The molecule has 1 N–H and O–H groups in total. The number of aliphatic hydroxyl groups is 1. The van der Waals surface area contributed by atoms with Gasteiger partial charge in [-0.3, -0.25) is 4.79 Å². The minimum Gasteiger partial charge on any atom is -0.381 e. The van der Waals surface area contributed by atoms with E-state index in [1.54, 1.807) is 0 Å². The topological polar surface area (TPSA) is 37.3 Å². The fourth-order valence-electron chi connectivity index (χ4n) is 1.18. The van der Waals surface area contributed by atoms with Gasteiger partial charge in [0.1, 0.15) is 6.10 Å². The largest absolute Gasteiger partial charge is 0.381 e. The predicted molar refractivity (Wildman–Crippen MR) is 47.8 cm³/mol. The third kappa shape index (κ3) is 2.05. The summed E-state index contributed by atoms with van der Waals surface area (Å²) < 4.78 is 0. The summed E-state index contributed by atoms with van der Waals surface area (Å²) >= 11 is 0. The lowest BCUT2D eigenvalue weighted by molar-refractivity contribution is -0.123. The number of rotatable bonds is 2. The zero-order valence-electron chi connectivity index (χ0n) is 7.50. The zero-order chi connectivity index (χ0) is 9.14. The predicted octanol–water partition coefficient (Wildman–Crippen LogP) is 1.60. The second-order valence-corrected chi connectivity index (χ2v) is 3.34. The first-order valence-electron chi connectivity index (χ1n) is 4.14. The van der Waals surface area contributed by atoms with Crippen LogP contribution in [0.1, 0.15) is 26.7 Å². The van der Waals surface area contributed by atoms with E-state index in [1.807, 2.05) is 26.0 Å². The molecule has 1 aliphatic rings. The van der Waals surface area contributed by atoms with Crippen molar-refractivity contribution < 1.29 is 9.90 Å². The third-order valence-corrected chi connectivity index (χ3v) is 1.97. The monoisotopic (exact) mass is 166 g/mol. The van der Waals surface area contributed by atoms with Crippen molar-refractivity contribution in [2.24, 2.45) is 0 Å². The van der Waals surface area contributed by atoms with Gasteiger partial charge in [-0.05, 0) is 25.8 Å². The third-order valence-electron chi connectivity index (χ3n) is 1.97. The van der Waals surface area contributed by atoms with Gasteiger partial charge < -0.3 is 5.11 Å². The fourth-order valence-corrected chi connectivity index (χ4v) is 1.18. The quantitative estimate of drug-likeness (QED) is 0.633. The van der Waals surface area contributed by atoms with Crippen LogP contribution in [0.3, 0.4) is 0 Å². The van der Waals surface area contributed by atoms with Gasteiger partial charge >= 0.3 is 0 Å². The Morgan fingerprint density at radius 1 is 1.75 bits per heavy atom. The van der Waals surface area contributed by atoms with Crippen molar-refractivity contribution in [1.82, 2.24) is 0 Å². The van der Waals surface area contributed by atoms with Crippen LogP contribution in [0.5, 0.6) is 0 Å². The highest BCUT2D eigenvalue weighted by atomic mass is 16.3. The maximum absolute atomic E-state index is 10.9. The van der Waals surface area contributed by atoms with Gasteiger partial charge in [-0.2, -0.15) is 0 Å². The molecule has 2 nitrogen and oxygen atoms in total. The van der Waals surface area contributed by atoms with Crippen LogP contribution in [-0.4, -0.2) is 17.0 Å². The summed E-state index contributed by atoms with van der Waals surface area (Å²) in [4.78, 5) is 10.9. The van der Waals surface area contributed by atoms with Gasteiger partial charge in [-0.25, -0.2) is 0 Å². The number of hydrogen-bond donors (Lipinski definition) is 1. The second-order valence-electron chi connectivity index (χ2n) is 3.34.